The first-order valence-corrected chi connectivity index (χ1v) is 10.1. The molecule has 1 fully saturated rings. The third-order valence-corrected chi connectivity index (χ3v) is 6.95. The van der Waals surface area contributed by atoms with Gasteiger partial charge in [-0.1, -0.05) is 12.1 Å². The summed E-state index contributed by atoms with van der Waals surface area (Å²) >= 11 is 3.34. The Balaban J connectivity index is 1.68. The molecule has 24 heavy (non-hydrogen) atoms. The molecule has 0 radical (unpaired) electrons. The fourth-order valence-electron chi connectivity index (χ4n) is 2.82. The highest BCUT2D eigenvalue weighted by atomic mass is 79.9. The topological polar surface area (TPSA) is 59.5 Å². The maximum Gasteiger partial charge on any atom is 0.244 e. The first kappa shape index (κ1) is 17.4. The molecule has 2 aromatic rings. The minimum atomic E-state index is -3.49. The van der Waals surface area contributed by atoms with Crippen LogP contribution in [0.2, 0.25) is 0 Å². The van der Waals surface area contributed by atoms with Gasteiger partial charge in [0.15, 0.2) is 0 Å². The van der Waals surface area contributed by atoms with Gasteiger partial charge in [-0.3, -0.25) is 4.98 Å². The first-order chi connectivity index (χ1) is 11.6. The van der Waals surface area contributed by atoms with E-state index in [1.807, 2.05) is 6.07 Å². The van der Waals surface area contributed by atoms with Crippen molar-refractivity contribution in [2.24, 2.45) is 5.92 Å². The van der Waals surface area contributed by atoms with Crippen LogP contribution in [0.5, 0.6) is 5.75 Å². The predicted molar refractivity (Wildman–Crippen MR) is 95.4 cm³/mol. The molecule has 0 aliphatic carbocycles. The third-order valence-electron chi connectivity index (χ3n) is 4.07. The molecule has 1 aromatic heterocycles. The molecule has 0 bridgehead atoms. The van der Waals surface area contributed by atoms with Crippen LogP contribution in [0.3, 0.4) is 0 Å². The molecule has 0 N–H and O–H groups in total. The molecule has 5 nitrogen and oxygen atoms in total. The van der Waals surface area contributed by atoms with Crippen LogP contribution < -0.4 is 4.74 Å². The maximum atomic E-state index is 12.9. The molecule has 1 atom stereocenters. The molecule has 1 aliphatic heterocycles. The number of sulfonamides is 1. The Hall–Kier alpha value is -1.44. The highest BCUT2D eigenvalue weighted by Crippen LogP contribution is 2.28. The standard InChI is InChI=1S/C17H19BrN2O3S/c18-16-5-1-2-6-17(16)24(21,22)20-11-3-4-14(12-20)13-23-15-7-9-19-10-8-15/h1-2,5-10,14H,3-4,11-13H2. The molecular weight excluding hydrogens is 392 g/mol. The highest BCUT2D eigenvalue weighted by molar-refractivity contribution is 9.10. The summed E-state index contributed by atoms with van der Waals surface area (Å²) in [5.41, 5.74) is 0. The number of pyridine rings is 1. The first-order valence-electron chi connectivity index (χ1n) is 7.85. The molecule has 1 aliphatic rings. The Bertz CT molecular complexity index is 783. The Kier molecular flexibility index (Phi) is 5.53. The second kappa shape index (κ2) is 7.63. The summed E-state index contributed by atoms with van der Waals surface area (Å²) in [6, 6.07) is 10.5. The van der Waals surface area contributed by atoms with Gasteiger partial charge in [-0.15, -0.1) is 0 Å². The Morgan fingerprint density at radius 3 is 2.71 bits per heavy atom. The molecule has 1 aromatic carbocycles. The van der Waals surface area contributed by atoms with Crippen LogP contribution in [0.4, 0.5) is 0 Å². The van der Waals surface area contributed by atoms with Crippen molar-refractivity contribution in [3.8, 4) is 5.75 Å². The van der Waals surface area contributed by atoms with Crippen molar-refractivity contribution in [1.82, 2.24) is 9.29 Å². The number of nitrogens with zero attached hydrogens (tertiary/aromatic N) is 2. The summed E-state index contributed by atoms with van der Waals surface area (Å²) in [6.07, 6.45) is 5.17. The third kappa shape index (κ3) is 3.96. The average Bonchev–Trinajstić information content (AvgIpc) is 2.61. The molecule has 0 amide bonds. The van der Waals surface area contributed by atoms with Gasteiger partial charge in [0.2, 0.25) is 10.0 Å². The maximum absolute atomic E-state index is 12.9. The Morgan fingerprint density at radius 2 is 1.96 bits per heavy atom. The van der Waals surface area contributed by atoms with E-state index < -0.39 is 10.0 Å². The zero-order valence-corrected chi connectivity index (χ0v) is 15.5. The molecule has 128 valence electrons. The number of ether oxygens (including phenoxy) is 1. The van der Waals surface area contributed by atoms with Gasteiger partial charge in [0.05, 0.1) is 11.5 Å². The van der Waals surface area contributed by atoms with E-state index in [0.29, 0.717) is 29.1 Å². The van der Waals surface area contributed by atoms with Crippen LogP contribution in [-0.2, 0) is 10.0 Å². The fourth-order valence-corrected chi connectivity index (χ4v) is 5.34. The number of aromatic nitrogens is 1. The lowest BCUT2D eigenvalue weighted by Crippen LogP contribution is -2.41. The van der Waals surface area contributed by atoms with Crippen molar-refractivity contribution in [2.45, 2.75) is 17.7 Å². The van der Waals surface area contributed by atoms with Crippen LogP contribution in [0.15, 0.2) is 58.2 Å². The lowest BCUT2D eigenvalue weighted by molar-refractivity contribution is 0.180. The summed E-state index contributed by atoms with van der Waals surface area (Å²) in [5.74, 6) is 0.944. The smallest absolute Gasteiger partial charge is 0.244 e. The minimum Gasteiger partial charge on any atom is -0.493 e. The summed E-state index contributed by atoms with van der Waals surface area (Å²) < 4.78 is 33.7. The minimum absolute atomic E-state index is 0.184. The van der Waals surface area contributed by atoms with Gasteiger partial charge in [0.1, 0.15) is 5.75 Å². The summed E-state index contributed by atoms with van der Waals surface area (Å²) in [6.45, 7) is 1.54. The van der Waals surface area contributed by atoms with Crippen LogP contribution in [0.1, 0.15) is 12.8 Å². The second-order valence-corrected chi connectivity index (χ2v) is 8.56. The molecule has 0 spiro atoms. The number of halogens is 1. The number of benzene rings is 1. The summed E-state index contributed by atoms with van der Waals surface area (Å²) in [4.78, 5) is 4.27. The van der Waals surface area contributed by atoms with Crippen molar-refractivity contribution >= 4 is 26.0 Å². The van der Waals surface area contributed by atoms with Gasteiger partial charge in [0.25, 0.3) is 0 Å². The summed E-state index contributed by atoms with van der Waals surface area (Å²) in [5, 5.41) is 0. The molecule has 7 heteroatoms. The van der Waals surface area contributed by atoms with Gasteiger partial charge in [-0.25, -0.2) is 8.42 Å². The van der Waals surface area contributed by atoms with Crippen LogP contribution in [-0.4, -0.2) is 37.4 Å². The zero-order valence-electron chi connectivity index (χ0n) is 13.1. The fraction of sp³-hybridized carbons (Fsp3) is 0.353. The average molecular weight is 411 g/mol. The van der Waals surface area contributed by atoms with E-state index in [2.05, 4.69) is 20.9 Å². The van der Waals surface area contributed by atoms with Gasteiger partial charge >= 0.3 is 0 Å². The van der Waals surface area contributed by atoms with E-state index in [0.717, 1.165) is 18.6 Å². The van der Waals surface area contributed by atoms with E-state index in [-0.39, 0.29) is 5.92 Å². The van der Waals surface area contributed by atoms with Gasteiger partial charge in [-0.05, 0) is 53.0 Å². The normalized spacial score (nSPS) is 19.1. The van der Waals surface area contributed by atoms with Gasteiger partial charge < -0.3 is 4.74 Å². The number of piperidine rings is 1. The molecule has 2 heterocycles. The van der Waals surface area contributed by atoms with E-state index in [1.54, 1.807) is 47.0 Å². The van der Waals surface area contributed by atoms with E-state index in [1.165, 1.54) is 0 Å². The van der Waals surface area contributed by atoms with Crippen molar-refractivity contribution in [2.75, 3.05) is 19.7 Å². The van der Waals surface area contributed by atoms with Crippen LogP contribution in [0, 0.1) is 5.92 Å². The van der Waals surface area contributed by atoms with Crippen molar-refractivity contribution in [3.63, 3.8) is 0 Å². The van der Waals surface area contributed by atoms with Crippen molar-refractivity contribution in [1.29, 1.82) is 0 Å². The van der Waals surface area contributed by atoms with Crippen LogP contribution in [0.25, 0.3) is 0 Å². The van der Waals surface area contributed by atoms with E-state index in [9.17, 15) is 8.42 Å². The molecule has 0 saturated carbocycles. The van der Waals surface area contributed by atoms with Crippen molar-refractivity contribution in [3.05, 3.63) is 53.3 Å². The zero-order chi connectivity index (χ0) is 17.0. The Labute approximate surface area is 150 Å². The SMILES string of the molecule is O=S(=O)(c1ccccc1Br)N1CCCC(COc2ccncc2)C1. The Morgan fingerprint density at radius 1 is 1.21 bits per heavy atom. The number of hydrogen-bond donors (Lipinski definition) is 0. The predicted octanol–water partition coefficient (Wildman–Crippen LogP) is 3.32. The molecule has 1 saturated heterocycles. The van der Waals surface area contributed by atoms with E-state index >= 15 is 0 Å². The molecule has 1 unspecified atom stereocenters. The van der Waals surface area contributed by atoms with Crippen LogP contribution >= 0.6 is 15.9 Å². The highest BCUT2D eigenvalue weighted by Gasteiger charge is 2.31. The van der Waals surface area contributed by atoms with E-state index in [4.69, 9.17) is 4.74 Å². The lowest BCUT2D eigenvalue weighted by atomic mass is 10.0. The largest absolute Gasteiger partial charge is 0.493 e. The summed E-state index contributed by atoms with van der Waals surface area (Å²) in [7, 11) is -3.49. The second-order valence-electron chi connectivity index (χ2n) is 5.80. The number of hydrogen-bond acceptors (Lipinski definition) is 4. The molecular formula is C17H19BrN2O3S. The monoisotopic (exact) mass is 410 g/mol. The van der Waals surface area contributed by atoms with Gasteiger partial charge in [0, 0.05) is 35.9 Å². The number of rotatable bonds is 5. The lowest BCUT2D eigenvalue weighted by Gasteiger charge is -2.32. The van der Waals surface area contributed by atoms with Crippen molar-refractivity contribution < 1.29 is 13.2 Å². The molecule has 3 rings (SSSR count). The van der Waals surface area contributed by atoms with Gasteiger partial charge in [-0.2, -0.15) is 4.31 Å². The quantitative estimate of drug-likeness (QED) is 0.758.